The molecule has 1 aliphatic carbocycles. The molecule has 9 nitrogen and oxygen atoms in total. The van der Waals surface area contributed by atoms with Crippen LogP contribution in [-0.4, -0.2) is 56.0 Å². The Kier molecular flexibility index (Phi) is 5.66. The summed E-state index contributed by atoms with van der Waals surface area (Å²) in [4.78, 5) is 42.6. The maximum Gasteiger partial charge on any atom is 0.407 e. The lowest BCUT2D eigenvalue weighted by molar-refractivity contribution is -0.137. The minimum absolute atomic E-state index is 0.100. The smallest absolute Gasteiger partial charge is 0.407 e. The number of aromatic nitrogens is 4. The SMILES string of the molecule is COC(=O)NC(C)C(=O)N1C2CCC(C2)C1c1ncc(-c2ccc3c(c2)sc2cc(-c4cnc[nH]4)ccc23)[nH]1. The van der Waals surface area contributed by atoms with Gasteiger partial charge in [-0.1, -0.05) is 24.3 Å². The molecule has 2 bridgehead atoms. The summed E-state index contributed by atoms with van der Waals surface area (Å²) in [6, 6.07) is 12.4. The van der Waals surface area contributed by atoms with E-state index in [0.717, 1.165) is 47.6 Å². The number of fused-ring (bicyclic) bond motifs is 5. The fraction of sp³-hybridized carbons (Fsp3) is 0.310. The number of amides is 2. The molecule has 5 aromatic rings. The Balaban J connectivity index is 1.18. The molecule has 3 N–H and O–H groups in total. The number of ether oxygens (including phenoxy) is 1. The zero-order valence-electron chi connectivity index (χ0n) is 21.6. The number of aromatic amines is 2. The summed E-state index contributed by atoms with van der Waals surface area (Å²) in [5.41, 5.74) is 4.11. The molecule has 2 fully saturated rings. The number of hydrogen-bond acceptors (Lipinski definition) is 6. The Morgan fingerprint density at radius 1 is 1.08 bits per heavy atom. The van der Waals surface area contributed by atoms with Gasteiger partial charge in [0.2, 0.25) is 5.91 Å². The molecule has 0 radical (unpaired) electrons. The van der Waals surface area contributed by atoms with Crippen LogP contribution >= 0.6 is 11.3 Å². The molecular weight excluding hydrogens is 512 g/mol. The van der Waals surface area contributed by atoms with Crippen molar-refractivity contribution in [3.05, 3.63) is 60.9 Å². The van der Waals surface area contributed by atoms with Crippen molar-refractivity contribution in [1.82, 2.24) is 30.2 Å². The number of carbonyl (C=O) groups is 2. The molecule has 7 rings (SSSR count). The van der Waals surface area contributed by atoms with Crippen molar-refractivity contribution in [3.8, 4) is 22.5 Å². The Hall–Kier alpha value is -4.18. The van der Waals surface area contributed by atoms with E-state index in [9.17, 15) is 9.59 Å². The lowest BCUT2D eigenvalue weighted by atomic mass is 9.97. The first kappa shape index (κ1) is 23.9. The molecule has 1 saturated heterocycles. The molecule has 3 aromatic heterocycles. The van der Waals surface area contributed by atoms with Crippen molar-refractivity contribution in [2.75, 3.05) is 7.11 Å². The Labute approximate surface area is 228 Å². The maximum absolute atomic E-state index is 13.4. The van der Waals surface area contributed by atoms with Crippen molar-refractivity contribution < 1.29 is 14.3 Å². The van der Waals surface area contributed by atoms with Gasteiger partial charge in [0.1, 0.15) is 11.9 Å². The van der Waals surface area contributed by atoms with Crippen LogP contribution in [0.25, 0.3) is 42.7 Å². The number of benzene rings is 2. The quantitative estimate of drug-likeness (QED) is 0.267. The Morgan fingerprint density at radius 3 is 2.51 bits per heavy atom. The highest BCUT2D eigenvalue weighted by Gasteiger charge is 2.50. The van der Waals surface area contributed by atoms with E-state index in [-0.39, 0.29) is 18.0 Å². The van der Waals surface area contributed by atoms with E-state index in [2.05, 4.69) is 61.4 Å². The van der Waals surface area contributed by atoms with Crippen LogP contribution in [0.1, 0.15) is 38.1 Å². The second kappa shape index (κ2) is 9.23. The third kappa shape index (κ3) is 3.97. The molecule has 1 saturated carbocycles. The highest BCUT2D eigenvalue weighted by molar-refractivity contribution is 7.25. The number of H-pyrrole nitrogens is 2. The average Bonchev–Trinajstić information content (AvgIpc) is 3.78. The number of nitrogens with zero attached hydrogens (tertiary/aromatic N) is 3. The van der Waals surface area contributed by atoms with Crippen LogP contribution in [0.2, 0.25) is 0 Å². The fourth-order valence-corrected chi connectivity index (χ4v) is 7.52. The van der Waals surface area contributed by atoms with E-state index in [1.54, 1.807) is 24.6 Å². The van der Waals surface area contributed by atoms with Crippen LogP contribution in [0.4, 0.5) is 4.79 Å². The number of piperidine rings is 1. The van der Waals surface area contributed by atoms with Gasteiger partial charge in [0.15, 0.2) is 0 Å². The van der Waals surface area contributed by atoms with Crippen LogP contribution in [-0.2, 0) is 9.53 Å². The molecule has 2 aliphatic rings. The van der Waals surface area contributed by atoms with Crippen molar-refractivity contribution in [2.45, 2.75) is 44.3 Å². The third-order valence-electron chi connectivity index (χ3n) is 8.20. The summed E-state index contributed by atoms with van der Waals surface area (Å²) in [5.74, 6) is 1.06. The monoisotopic (exact) mass is 540 g/mol. The van der Waals surface area contributed by atoms with Gasteiger partial charge in [0, 0.05) is 37.3 Å². The van der Waals surface area contributed by atoms with Gasteiger partial charge in [-0.15, -0.1) is 11.3 Å². The first-order chi connectivity index (χ1) is 19.0. The van der Waals surface area contributed by atoms with Crippen molar-refractivity contribution in [1.29, 1.82) is 0 Å². The van der Waals surface area contributed by atoms with Crippen molar-refractivity contribution >= 4 is 43.5 Å². The minimum Gasteiger partial charge on any atom is -0.453 e. The fourth-order valence-electron chi connectivity index (χ4n) is 6.34. The minimum atomic E-state index is -0.669. The first-order valence-corrected chi connectivity index (χ1v) is 14.0. The molecule has 4 heterocycles. The van der Waals surface area contributed by atoms with Crippen LogP contribution in [0, 0.1) is 5.92 Å². The van der Waals surface area contributed by atoms with Crippen LogP contribution in [0.15, 0.2) is 55.1 Å². The van der Waals surface area contributed by atoms with Gasteiger partial charge >= 0.3 is 6.09 Å². The molecule has 4 atom stereocenters. The number of carbonyl (C=O) groups excluding carboxylic acids is 2. The summed E-state index contributed by atoms with van der Waals surface area (Å²) >= 11 is 1.77. The molecule has 1 aliphatic heterocycles. The first-order valence-electron chi connectivity index (χ1n) is 13.2. The lowest BCUT2D eigenvalue weighted by Crippen LogP contribution is -2.50. The highest BCUT2D eigenvalue weighted by Crippen LogP contribution is 2.50. The van der Waals surface area contributed by atoms with Crippen LogP contribution in [0.3, 0.4) is 0 Å². The van der Waals surface area contributed by atoms with E-state index >= 15 is 0 Å². The maximum atomic E-state index is 13.4. The average molecular weight is 541 g/mol. The van der Waals surface area contributed by atoms with E-state index in [1.165, 1.54) is 27.3 Å². The van der Waals surface area contributed by atoms with Gasteiger partial charge in [-0.2, -0.15) is 0 Å². The summed E-state index contributed by atoms with van der Waals surface area (Å²) in [5, 5.41) is 5.09. The van der Waals surface area contributed by atoms with Gasteiger partial charge in [0.25, 0.3) is 0 Å². The van der Waals surface area contributed by atoms with Gasteiger partial charge in [0.05, 0.1) is 43.3 Å². The Morgan fingerprint density at radius 2 is 1.82 bits per heavy atom. The van der Waals surface area contributed by atoms with Crippen LogP contribution in [0.5, 0.6) is 0 Å². The van der Waals surface area contributed by atoms with E-state index in [0.29, 0.717) is 5.92 Å². The van der Waals surface area contributed by atoms with E-state index < -0.39 is 12.1 Å². The van der Waals surface area contributed by atoms with Gasteiger partial charge < -0.3 is 24.9 Å². The topological polar surface area (TPSA) is 116 Å². The molecule has 4 unspecified atom stereocenters. The van der Waals surface area contributed by atoms with Crippen molar-refractivity contribution in [3.63, 3.8) is 0 Å². The van der Waals surface area contributed by atoms with Gasteiger partial charge in [-0.05, 0) is 44.2 Å². The normalized spacial score (nSPS) is 21.1. The number of nitrogens with one attached hydrogen (secondary N) is 3. The predicted octanol–water partition coefficient (Wildman–Crippen LogP) is 5.63. The largest absolute Gasteiger partial charge is 0.453 e. The second-order valence-corrected chi connectivity index (χ2v) is 11.5. The molecule has 2 amide bonds. The molecule has 198 valence electrons. The Bertz CT molecular complexity index is 1710. The zero-order chi connectivity index (χ0) is 26.7. The number of likely N-dealkylation sites (tertiary alicyclic amines) is 1. The van der Waals surface area contributed by atoms with Gasteiger partial charge in [-0.25, -0.2) is 14.8 Å². The number of imidazole rings is 2. The van der Waals surface area contributed by atoms with Gasteiger partial charge in [-0.3, -0.25) is 4.79 Å². The number of thiophene rings is 1. The van der Waals surface area contributed by atoms with E-state index in [4.69, 9.17) is 4.98 Å². The highest BCUT2D eigenvalue weighted by atomic mass is 32.1. The lowest BCUT2D eigenvalue weighted by Gasteiger charge is -2.36. The predicted molar refractivity (Wildman–Crippen MR) is 150 cm³/mol. The molecule has 0 spiro atoms. The van der Waals surface area contributed by atoms with Crippen LogP contribution < -0.4 is 5.32 Å². The molecule has 2 aromatic carbocycles. The molecule has 39 heavy (non-hydrogen) atoms. The number of hydrogen-bond donors (Lipinski definition) is 3. The second-order valence-electron chi connectivity index (χ2n) is 10.4. The summed E-state index contributed by atoms with van der Waals surface area (Å²) in [6.07, 6.45) is 7.81. The molecule has 10 heteroatoms. The number of methoxy groups -OCH3 is 1. The number of rotatable bonds is 5. The number of alkyl carbamates (subject to hydrolysis) is 1. The summed E-state index contributed by atoms with van der Waals surface area (Å²) < 4.78 is 7.12. The zero-order valence-corrected chi connectivity index (χ0v) is 22.4. The molecular formula is C29H28N6O3S. The summed E-state index contributed by atoms with van der Waals surface area (Å²) in [7, 11) is 1.30. The van der Waals surface area contributed by atoms with E-state index in [1.807, 2.05) is 17.3 Å². The third-order valence-corrected chi connectivity index (χ3v) is 9.31. The standard InChI is InChI=1S/C29H28N6O3S/c1-15(33-29(37)38-2)28(36)35-19-6-3-18(9-19)26(35)27-31-13-23(34-27)17-5-8-21-20-7-4-16(22-12-30-14-32-22)10-24(20)39-25(21)11-17/h4-5,7-8,10-15,18-19,26H,3,6,9H2,1-2H3,(H,30,32)(H,31,34)(H,33,37). The van der Waals surface area contributed by atoms with Crippen molar-refractivity contribution in [2.24, 2.45) is 5.92 Å². The summed E-state index contributed by atoms with van der Waals surface area (Å²) in [6.45, 7) is 1.70.